The molecule has 0 aliphatic carbocycles. The van der Waals surface area contributed by atoms with Crippen molar-refractivity contribution in [1.82, 2.24) is 0 Å². The molecule has 1 fully saturated rings. The van der Waals surface area contributed by atoms with Crippen LogP contribution in [0.15, 0.2) is 0 Å². The Morgan fingerprint density at radius 1 is 1.56 bits per heavy atom. The molecule has 1 unspecified atom stereocenters. The van der Waals surface area contributed by atoms with Crippen molar-refractivity contribution in [3.63, 3.8) is 0 Å². The number of hydrogen-bond acceptors (Lipinski definition) is 1. The lowest BCUT2D eigenvalue weighted by Gasteiger charge is -2.26. The zero-order valence-corrected chi connectivity index (χ0v) is 5.36. The Labute approximate surface area is 53.0 Å². The molecule has 1 aliphatic rings. The molecule has 0 radical (unpaired) electrons. The first-order valence-electron chi connectivity index (χ1n) is 3.12. The van der Waals surface area contributed by atoms with E-state index >= 15 is 0 Å². The predicted octanol–water partition coefficient (Wildman–Crippen LogP) is 2.03. The quantitative estimate of drug-likeness (QED) is 0.495. The molecule has 9 heavy (non-hydrogen) atoms. The van der Waals surface area contributed by atoms with Gasteiger partial charge in [0.05, 0.1) is 6.61 Å². The monoisotopic (exact) mass is 136 g/mol. The van der Waals surface area contributed by atoms with Gasteiger partial charge in [-0.2, -0.15) is 8.78 Å². The number of rotatable bonds is 0. The average Bonchev–Trinajstić information content (AvgIpc) is 1.60. The lowest BCUT2D eigenvalue weighted by atomic mass is 10.0. The molecule has 3 heteroatoms. The van der Waals surface area contributed by atoms with Crippen LogP contribution in [-0.2, 0) is 4.74 Å². The molecule has 0 saturated carbocycles. The zero-order chi connectivity index (χ0) is 6.91. The topological polar surface area (TPSA) is 9.23 Å². The van der Waals surface area contributed by atoms with E-state index in [4.69, 9.17) is 0 Å². The van der Waals surface area contributed by atoms with Gasteiger partial charge in [-0.05, 0) is 12.3 Å². The fraction of sp³-hybridized carbons (Fsp3) is 1.00. The van der Waals surface area contributed by atoms with Crippen molar-refractivity contribution < 1.29 is 13.5 Å². The molecule has 1 nitrogen and oxygen atoms in total. The number of alkyl halides is 2. The molecule has 0 spiro atoms. The smallest absolute Gasteiger partial charge is 0.320 e. The van der Waals surface area contributed by atoms with Gasteiger partial charge in [0, 0.05) is 6.42 Å². The summed E-state index contributed by atoms with van der Waals surface area (Å²) >= 11 is 0. The van der Waals surface area contributed by atoms with Gasteiger partial charge in [0.15, 0.2) is 0 Å². The third kappa shape index (κ3) is 1.90. The second kappa shape index (κ2) is 2.21. The van der Waals surface area contributed by atoms with Crippen molar-refractivity contribution >= 4 is 0 Å². The lowest BCUT2D eigenvalue weighted by Crippen LogP contribution is -2.30. The molecule has 1 saturated heterocycles. The zero-order valence-electron chi connectivity index (χ0n) is 5.36. The molecule has 54 valence electrons. The Balaban J connectivity index is 2.41. The highest BCUT2D eigenvalue weighted by atomic mass is 19.3. The van der Waals surface area contributed by atoms with Gasteiger partial charge in [-0.25, -0.2) is 0 Å². The Bertz CT molecular complexity index is 103. The van der Waals surface area contributed by atoms with E-state index in [1.165, 1.54) is 0 Å². The highest BCUT2D eigenvalue weighted by molar-refractivity contribution is 4.65. The standard InChI is InChI=1S/C6H10F2O/c1-5-2-3-9-6(7,8)4-5/h5H,2-4H2,1H3. The molecule has 0 N–H and O–H groups in total. The Hall–Kier alpha value is -0.180. The maximum atomic E-state index is 12.2. The van der Waals surface area contributed by atoms with Gasteiger partial charge in [0.2, 0.25) is 0 Å². The van der Waals surface area contributed by atoms with Crippen molar-refractivity contribution in [3.8, 4) is 0 Å². The molecule has 1 rings (SSSR count). The molecule has 0 aromatic heterocycles. The van der Waals surface area contributed by atoms with Crippen molar-refractivity contribution in [1.29, 1.82) is 0 Å². The van der Waals surface area contributed by atoms with Crippen LogP contribution in [0.3, 0.4) is 0 Å². The van der Waals surface area contributed by atoms with Crippen LogP contribution in [0, 0.1) is 5.92 Å². The molecular weight excluding hydrogens is 126 g/mol. The van der Waals surface area contributed by atoms with Crippen LogP contribution >= 0.6 is 0 Å². The Kier molecular flexibility index (Phi) is 1.70. The molecule has 1 atom stereocenters. The van der Waals surface area contributed by atoms with Crippen LogP contribution in [0.4, 0.5) is 8.78 Å². The molecule has 0 bridgehead atoms. The van der Waals surface area contributed by atoms with Crippen molar-refractivity contribution in [2.75, 3.05) is 6.61 Å². The number of ether oxygens (including phenoxy) is 1. The number of hydrogen-bond donors (Lipinski definition) is 0. The summed E-state index contributed by atoms with van der Waals surface area (Å²) in [6.45, 7) is 2.02. The van der Waals surface area contributed by atoms with Gasteiger partial charge in [-0.15, -0.1) is 0 Å². The first-order valence-corrected chi connectivity index (χ1v) is 3.12. The third-order valence-electron chi connectivity index (χ3n) is 1.51. The first kappa shape index (κ1) is 6.93. The summed E-state index contributed by atoms with van der Waals surface area (Å²) < 4.78 is 28.7. The SMILES string of the molecule is CC1CCOC(F)(F)C1. The minimum Gasteiger partial charge on any atom is -0.320 e. The summed E-state index contributed by atoms with van der Waals surface area (Å²) in [6.07, 6.45) is -2.21. The van der Waals surface area contributed by atoms with Crippen LogP contribution in [0.1, 0.15) is 19.8 Å². The molecule has 1 aliphatic heterocycles. The Morgan fingerprint density at radius 3 is 2.56 bits per heavy atom. The fourth-order valence-corrected chi connectivity index (χ4v) is 0.976. The van der Waals surface area contributed by atoms with E-state index in [1.807, 2.05) is 6.92 Å². The average molecular weight is 136 g/mol. The molecule has 0 aromatic rings. The van der Waals surface area contributed by atoms with Gasteiger partial charge >= 0.3 is 6.11 Å². The summed E-state index contributed by atoms with van der Waals surface area (Å²) in [5.41, 5.74) is 0. The van der Waals surface area contributed by atoms with Crippen LogP contribution in [0.2, 0.25) is 0 Å². The normalized spacial score (nSPS) is 34.3. The minimum absolute atomic E-state index is 0.105. The van der Waals surface area contributed by atoms with E-state index in [-0.39, 0.29) is 18.9 Å². The van der Waals surface area contributed by atoms with Crippen LogP contribution in [0.5, 0.6) is 0 Å². The summed E-state index contributed by atoms with van der Waals surface area (Å²) in [7, 11) is 0. The van der Waals surface area contributed by atoms with E-state index < -0.39 is 6.11 Å². The van der Waals surface area contributed by atoms with Gasteiger partial charge in [-0.3, -0.25) is 0 Å². The van der Waals surface area contributed by atoms with E-state index in [1.54, 1.807) is 0 Å². The maximum Gasteiger partial charge on any atom is 0.355 e. The summed E-state index contributed by atoms with van der Waals surface area (Å²) in [4.78, 5) is 0. The Morgan fingerprint density at radius 2 is 2.22 bits per heavy atom. The second-order valence-corrected chi connectivity index (χ2v) is 2.58. The lowest BCUT2D eigenvalue weighted by molar-refractivity contribution is -0.266. The van der Waals surface area contributed by atoms with Crippen LogP contribution < -0.4 is 0 Å². The van der Waals surface area contributed by atoms with E-state index in [0.29, 0.717) is 0 Å². The second-order valence-electron chi connectivity index (χ2n) is 2.58. The highest BCUT2D eigenvalue weighted by Gasteiger charge is 2.35. The molecular formula is C6H10F2O. The van der Waals surface area contributed by atoms with E-state index in [0.717, 1.165) is 6.42 Å². The highest BCUT2D eigenvalue weighted by Crippen LogP contribution is 2.30. The minimum atomic E-state index is -2.85. The van der Waals surface area contributed by atoms with Crippen molar-refractivity contribution in [2.24, 2.45) is 5.92 Å². The van der Waals surface area contributed by atoms with Gasteiger partial charge in [-0.1, -0.05) is 6.92 Å². The van der Waals surface area contributed by atoms with E-state index in [2.05, 4.69) is 4.74 Å². The van der Waals surface area contributed by atoms with Crippen molar-refractivity contribution in [3.05, 3.63) is 0 Å². The van der Waals surface area contributed by atoms with Gasteiger partial charge in [0.1, 0.15) is 0 Å². The largest absolute Gasteiger partial charge is 0.355 e. The van der Waals surface area contributed by atoms with Gasteiger partial charge in [0.25, 0.3) is 0 Å². The summed E-state index contributed by atoms with van der Waals surface area (Å²) in [5, 5.41) is 0. The van der Waals surface area contributed by atoms with Crippen LogP contribution in [-0.4, -0.2) is 12.7 Å². The van der Waals surface area contributed by atoms with Crippen LogP contribution in [0.25, 0.3) is 0 Å². The summed E-state index contributed by atoms with van der Waals surface area (Å²) in [5.74, 6) is 0.105. The molecule has 1 heterocycles. The van der Waals surface area contributed by atoms with Gasteiger partial charge < -0.3 is 4.74 Å². The summed E-state index contributed by atoms with van der Waals surface area (Å²) in [6, 6.07) is 0. The maximum absolute atomic E-state index is 12.2. The fourth-order valence-electron chi connectivity index (χ4n) is 0.976. The number of halogens is 2. The molecule has 0 amide bonds. The van der Waals surface area contributed by atoms with Crippen molar-refractivity contribution in [2.45, 2.75) is 25.9 Å². The van der Waals surface area contributed by atoms with E-state index in [9.17, 15) is 8.78 Å². The predicted molar refractivity (Wildman–Crippen MR) is 29.3 cm³/mol. The third-order valence-corrected chi connectivity index (χ3v) is 1.51. The molecule has 0 aromatic carbocycles. The first-order chi connectivity index (χ1) is 4.10.